The van der Waals surface area contributed by atoms with Crippen molar-refractivity contribution in [1.29, 1.82) is 0 Å². The molecular weight excluding hydrogens is 312 g/mol. The van der Waals surface area contributed by atoms with Crippen molar-refractivity contribution in [2.24, 2.45) is 5.92 Å². The quantitative estimate of drug-likeness (QED) is 0.843. The van der Waals surface area contributed by atoms with Crippen molar-refractivity contribution in [1.82, 2.24) is 9.80 Å². The lowest BCUT2D eigenvalue weighted by atomic mass is 9.98. The summed E-state index contributed by atoms with van der Waals surface area (Å²) in [5.41, 5.74) is 1.38. The monoisotopic (exact) mass is 342 g/mol. The second-order valence-electron chi connectivity index (χ2n) is 7.82. The molecule has 0 radical (unpaired) electrons. The molecule has 25 heavy (non-hydrogen) atoms. The van der Waals surface area contributed by atoms with Crippen LogP contribution in [0.15, 0.2) is 30.3 Å². The van der Waals surface area contributed by atoms with E-state index in [-0.39, 0.29) is 5.92 Å². The number of rotatable bonds is 4. The van der Waals surface area contributed by atoms with Crippen LogP contribution in [0, 0.1) is 5.92 Å². The van der Waals surface area contributed by atoms with Gasteiger partial charge in [-0.15, -0.1) is 0 Å². The molecule has 0 saturated carbocycles. The Labute approximate surface area is 151 Å². The van der Waals surface area contributed by atoms with Crippen LogP contribution in [-0.4, -0.2) is 54.1 Å². The third-order valence-corrected chi connectivity index (χ3v) is 6.18. The normalized spacial score (nSPS) is 30.7. The molecule has 0 aromatic heterocycles. The van der Waals surface area contributed by atoms with E-state index in [1.165, 1.54) is 18.4 Å². The highest BCUT2D eigenvalue weighted by Crippen LogP contribution is 2.32. The SMILES string of the molecule is O=C([C@@H]1CCCOC1)N1CCC[C@@H]1[C@H]1CCCN1Cc1ccccc1. The molecule has 136 valence electrons. The minimum atomic E-state index is 0.0957. The molecule has 0 unspecified atom stereocenters. The summed E-state index contributed by atoms with van der Waals surface area (Å²) in [5.74, 6) is 0.451. The fraction of sp³-hybridized carbons (Fsp3) is 0.667. The van der Waals surface area contributed by atoms with E-state index in [9.17, 15) is 4.79 Å². The summed E-state index contributed by atoms with van der Waals surface area (Å²) in [7, 11) is 0. The van der Waals surface area contributed by atoms with Gasteiger partial charge in [0.25, 0.3) is 0 Å². The molecule has 4 rings (SSSR count). The zero-order valence-corrected chi connectivity index (χ0v) is 15.1. The first-order chi connectivity index (χ1) is 12.3. The third-order valence-electron chi connectivity index (χ3n) is 6.18. The van der Waals surface area contributed by atoms with E-state index >= 15 is 0 Å². The molecule has 3 saturated heterocycles. The van der Waals surface area contributed by atoms with Gasteiger partial charge in [-0.2, -0.15) is 0 Å². The Kier molecular flexibility index (Phi) is 5.37. The number of hydrogen-bond donors (Lipinski definition) is 0. The smallest absolute Gasteiger partial charge is 0.228 e. The molecule has 3 heterocycles. The zero-order chi connectivity index (χ0) is 17.1. The van der Waals surface area contributed by atoms with Gasteiger partial charge in [-0.05, 0) is 50.6 Å². The Hall–Kier alpha value is -1.39. The maximum Gasteiger partial charge on any atom is 0.228 e. The number of hydrogen-bond acceptors (Lipinski definition) is 3. The fourth-order valence-electron chi connectivity index (χ4n) is 4.94. The first-order valence-corrected chi connectivity index (χ1v) is 9.99. The van der Waals surface area contributed by atoms with Crippen molar-refractivity contribution in [3.63, 3.8) is 0 Å². The van der Waals surface area contributed by atoms with Gasteiger partial charge in [0.2, 0.25) is 5.91 Å². The molecule has 3 aliphatic heterocycles. The average Bonchev–Trinajstić information content (AvgIpc) is 3.31. The Balaban J connectivity index is 1.44. The molecule has 1 amide bonds. The van der Waals surface area contributed by atoms with E-state index in [0.29, 0.717) is 24.6 Å². The van der Waals surface area contributed by atoms with Crippen LogP contribution in [0.25, 0.3) is 0 Å². The molecule has 0 N–H and O–H groups in total. The Morgan fingerprint density at radius 1 is 1.00 bits per heavy atom. The summed E-state index contributed by atoms with van der Waals surface area (Å²) in [6.07, 6.45) is 6.82. The van der Waals surface area contributed by atoms with Gasteiger partial charge < -0.3 is 9.64 Å². The number of benzene rings is 1. The Morgan fingerprint density at radius 3 is 2.60 bits per heavy atom. The van der Waals surface area contributed by atoms with Crippen LogP contribution in [0.5, 0.6) is 0 Å². The van der Waals surface area contributed by atoms with E-state index in [0.717, 1.165) is 51.9 Å². The number of ether oxygens (including phenoxy) is 1. The van der Waals surface area contributed by atoms with Crippen LogP contribution in [0.4, 0.5) is 0 Å². The summed E-state index contributed by atoms with van der Waals surface area (Å²) in [6, 6.07) is 11.7. The average molecular weight is 342 g/mol. The summed E-state index contributed by atoms with van der Waals surface area (Å²) >= 11 is 0. The van der Waals surface area contributed by atoms with Gasteiger partial charge >= 0.3 is 0 Å². The maximum atomic E-state index is 13.1. The van der Waals surface area contributed by atoms with E-state index in [2.05, 4.69) is 40.1 Å². The Morgan fingerprint density at radius 2 is 1.80 bits per heavy atom. The lowest BCUT2D eigenvalue weighted by Crippen LogP contribution is -2.50. The first-order valence-electron chi connectivity index (χ1n) is 9.99. The highest BCUT2D eigenvalue weighted by atomic mass is 16.5. The van der Waals surface area contributed by atoms with Gasteiger partial charge in [-0.1, -0.05) is 30.3 Å². The van der Waals surface area contributed by atoms with Gasteiger partial charge in [0, 0.05) is 31.8 Å². The standard InChI is InChI=1S/C21H30N2O2/c24-21(18-9-6-14-25-16-18)23-13-5-11-20(23)19-10-4-12-22(19)15-17-7-2-1-3-8-17/h1-3,7-8,18-20H,4-6,9-16H2/t18-,19-,20-/m1/s1. The molecular formula is C21H30N2O2. The largest absolute Gasteiger partial charge is 0.381 e. The summed E-state index contributed by atoms with van der Waals surface area (Å²) in [5, 5.41) is 0. The number of likely N-dealkylation sites (tertiary alicyclic amines) is 2. The molecule has 3 atom stereocenters. The van der Waals surface area contributed by atoms with Gasteiger partial charge in [0.05, 0.1) is 12.5 Å². The van der Waals surface area contributed by atoms with Crippen molar-refractivity contribution in [2.45, 2.75) is 57.2 Å². The molecule has 1 aromatic carbocycles. The van der Waals surface area contributed by atoms with Gasteiger partial charge in [0.15, 0.2) is 0 Å². The minimum absolute atomic E-state index is 0.0957. The number of nitrogens with zero attached hydrogens (tertiary/aromatic N) is 2. The highest BCUT2D eigenvalue weighted by Gasteiger charge is 2.41. The second kappa shape index (κ2) is 7.88. The zero-order valence-electron chi connectivity index (χ0n) is 15.1. The third kappa shape index (κ3) is 3.75. The molecule has 4 heteroatoms. The molecule has 0 spiro atoms. The lowest BCUT2D eigenvalue weighted by molar-refractivity contribution is -0.141. The van der Waals surface area contributed by atoms with Crippen molar-refractivity contribution < 1.29 is 9.53 Å². The van der Waals surface area contributed by atoms with E-state index in [1.807, 2.05) is 0 Å². The summed E-state index contributed by atoms with van der Waals surface area (Å²) < 4.78 is 5.57. The van der Waals surface area contributed by atoms with Gasteiger partial charge in [0.1, 0.15) is 0 Å². The molecule has 3 fully saturated rings. The molecule has 1 aromatic rings. The van der Waals surface area contributed by atoms with Crippen LogP contribution in [0.2, 0.25) is 0 Å². The topological polar surface area (TPSA) is 32.8 Å². The molecule has 3 aliphatic rings. The lowest BCUT2D eigenvalue weighted by Gasteiger charge is -2.37. The molecule has 0 aliphatic carbocycles. The van der Waals surface area contributed by atoms with E-state index < -0.39 is 0 Å². The second-order valence-corrected chi connectivity index (χ2v) is 7.82. The van der Waals surface area contributed by atoms with Crippen molar-refractivity contribution in [3.05, 3.63) is 35.9 Å². The predicted octanol–water partition coefficient (Wildman–Crippen LogP) is 3.07. The van der Waals surface area contributed by atoms with E-state index in [1.54, 1.807) is 0 Å². The molecule has 0 bridgehead atoms. The summed E-state index contributed by atoms with van der Waals surface area (Å²) in [6.45, 7) is 4.55. The number of carbonyl (C=O) groups excluding carboxylic acids is 1. The van der Waals surface area contributed by atoms with Crippen molar-refractivity contribution >= 4 is 5.91 Å². The van der Waals surface area contributed by atoms with Crippen LogP contribution in [0.3, 0.4) is 0 Å². The van der Waals surface area contributed by atoms with Crippen LogP contribution < -0.4 is 0 Å². The highest BCUT2D eigenvalue weighted by molar-refractivity contribution is 5.79. The van der Waals surface area contributed by atoms with Crippen LogP contribution >= 0.6 is 0 Å². The maximum absolute atomic E-state index is 13.1. The first kappa shape index (κ1) is 17.0. The van der Waals surface area contributed by atoms with E-state index in [4.69, 9.17) is 4.74 Å². The number of amides is 1. The van der Waals surface area contributed by atoms with Crippen LogP contribution in [-0.2, 0) is 16.1 Å². The van der Waals surface area contributed by atoms with Crippen LogP contribution in [0.1, 0.15) is 44.1 Å². The van der Waals surface area contributed by atoms with Crippen molar-refractivity contribution in [2.75, 3.05) is 26.3 Å². The number of carbonyl (C=O) groups is 1. The van der Waals surface area contributed by atoms with Crippen molar-refractivity contribution in [3.8, 4) is 0 Å². The summed E-state index contributed by atoms with van der Waals surface area (Å²) in [4.78, 5) is 17.9. The van der Waals surface area contributed by atoms with Gasteiger partial charge in [-0.3, -0.25) is 9.69 Å². The van der Waals surface area contributed by atoms with Gasteiger partial charge in [-0.25, -0.2) is 0 Å². The Bertz CT molecular complexity index is 571. The fourth-order valence-corrected chi connectivity index (χ4v) is 4.94. The predicted molar refractivity (Wildman–Crippen MR) is 98.2 cm³/mol. The minimum Gasteiger partial charge on any atom is -0.381 e. The molecule has 4 nitrogen and oxygen atoms in total.